The van der Waals surface area contributed by atoms with Gasteiger partial charge in [-0.3, -0.25) is 0 Å². The number of rotatable bonds is 3. The fourth-order valence-electron chi connectivity index (χ4n) is 1.56. The zero-order valence-electron chi connectivity index (χ0n) is 9.17. The molecule has 84 valence electrons. The number of benzene rings is 1. The van der Waals surface area contributed by atoms with Gasteiger partial charge in [0.15, 0.2) is 11.5 Å². The molecule has 0 amide bonds. The largest absolute Gasteiger partial charge is 0.504 e. The second-order valence-corrected chi connectivity index (χ2v) is 4.10. The molecule has 0 bridgehead atoms. The maximum Gasteiger partial charge on any atom is 0.164 e. The lowest BCUT2D eigenvalue weighted by molar-refractivity contribution is 0.368. The Kier molecular flexibility index (Phi) is 3.83. The molecular formula is C11H16ClNO2. The lowest BCUT2D eigenvalue weighted by Gasteiger charge is -2.16. The second-order valence-electron chi connectivity index (χ2n) is 3.70. The normalized spacial score (nSPS) is 12.6. The molecule has 1 atom stereocenters. The number of hydrogen-bond acceptors (Lipinski definition) is 3. The van der Waals surface area contributed by atoms with Crippen molar-refractivity contribution in [2.75, 3.05) is 7.11 Å². The van der Waals surface area contributed by atoms with Crippen molar-refractivity contribution in [3.63, 3.8) is 0 Å². The molecule has 3 nitrogen and oxygen atoms in total. The summed E-state index contributed by atoms with van der Waals surface area (Å²) < 4.78 is 5.15. The van der Waals surface area contributed by atoms with Crippen LogP contribution in [0.15, 0.2) is 6.07 Å². The third-order valence-electron chi connectivity index (χ3n) is 2.31. The van der Waals surface area contributed by atoms with Crippen LogP contribution < -0.4 is 10.5 Å². The van der Waals surface area contributed by atoms with Gasteiger partial charge in [0, 0.05) is 22.7 Å². The first-order valence-corrected chi connectivity index (χ1v) is 5.15. The molecule has 3 N–H and O–H groups in total. The van der Waals surface area contributed by atoms with Crippen molar-refractivity contribution in [2.24, 2.45) is 5.73 Å². The molecule has 1 rings (SSSR count). The summed E-state index contributed by atoms with van der Waals surface area (Å²) in [5, 5.41) is 10.2. The SMILES string of the molecule is COc1c(O)cc(Cl)c(C)c1CC(C)N. The van der Waals surface area contributed by atoms with Gasteiger partial charge in [0.25, 0.3) is 0 Å². The van der Waals surface area contributed by atoms with Crippen LogP contribution in [-0.4, -0.2) is 18.3 Å². The van der Waals surface area contributed by atoms with Crippen molar-refractivity contribution in [1.82, 2.24) is 0 Å². The van der Waals surface area contributed by atoms with Crippen LogP contribution in [0.3, 0.4) is 0 Å². The van der Waals surface area contributed by atoms with Crippen LogP contribution in [0, 0.1) is 6.92 Å². The quantitative estimate of drug-likeness (QED) is 0.836. The van der Waals surface area contributed by atoms with Crippen LogP contribution in [0.5, 0.6) is 11.5 Å². The predicted molar refractivity (Wildman–Crippen MR) is 61.8 cm³/mol. The van der Waals surface area contributed by atoms with Gasteiger partial charge >= 0.3 is 0 Å². The van der Waals surface area contributed by atoms with Crippen molar-refractivity contribution >= 4 is 11.6 Å². The van der Waals surface area contributed by atoms with Gasteiger partial charge in [-0.15, -0.1) is 0 Å². The van der Waals surface area contributed by atoms with Gasteiger partial charge in [0.2, 0.25) is 0 Å². The van der Waals surface area contributed by atoms with E-state index in [4.69, 9.17) is 22.1 Å². The summed E-state index contributed by atoms with van der Waals surface area (Å²) in [5.41, 5.74) is 7.52. The maximum absolute atomic E-state index is 9.66. The summed E-state index contributed by atoms with van der Waals surface area (Å²) in [7, 11) is 1.52. The molecule has 1 unspecified atom stereocenters. The summed E-state index contributed by atoms with van der Waals surface area (Å²) in [6, 6.07) is 1.48. The van der Waals surface area contributed by atoms with Crippen LogP contribution in [0.1, 0.15) is 18.1 Å². The molecule has 0 fully saturated rings. The van der Waals surface area contributed by atoms with Crippen LogP contribution in [0.4, 0.5) is 0 Å². The van der Waals surface area contributed by atoms with Gasteiger partial charge in [-0.05, 0) is 25.8 Å². The van der Waals surface area contributed by atoms with Crippen LogP contribution in [-0.2, 0) is 6.42 Å². The summed E-state index contributed by atoms with van der Waals surface area (Å²) in [4.78, 5) is 0. The summed E-state index contributed by atoms with van der Waals surface area (Å²) in [5.74, 6) is 0.526. The van der Waals surface area contributed by atoms with E-state index in [0.717, 1.165) is 11.1 Å². The van der Waals surface area contributed by atoms with Gasteiger partial charge in [-0.1, -0.05) is 11.6 Å². The minimum Gasteiger partial charge on any atom is -0.504 e. The first-order valence-electron chi connectivity index (χ1n) is 4.77. The fourth-order valence-corrected chi connectivity index (χ4v) is 1.78. The van der Waals surface area contributed by atoms with Crippen molar-refractivity contribution in [3.8, 4) is 11.5 Å². The van der Waals surface area contributed by atoms with Gasteiger partial charge in [-0.25, -0.2) is 0 Å². The van der Waals surface area contributed by atoms with E-state index in [1.165, 1.54) is 13.2 Å². The van der Waals surface area contributed by atoms with E-state index < -0.39 is 0 Å². The third kappa shape index (κ3) is 2.55. The molecule has 0 radical (unpaired) electrons. The number of halogens is 1. The number of phenolic OH excluding ortho intramolecular Hbond substituents is 1. The average molecular weight is 230 g/mol. The van der Waals surface area contributed by atoms with E-state index >= 15 is 0 Å². The van der Waals surface area contributed by atoms with Gasteiger partial charge < -0.3 is 15.6 Å². The first kappa shape index (κ1) is 12.1. The lowest BCUT2D eigenvalue weighted by atomic mass is 10.0. The number of ether oxygens (including phenoxy) is 1. The Bertz CT molecular complexity index is 364. The summed E-state index contributed by atoms with van der Waals surface area (Å²) in [6.45, 7) is 3.79. The number of nitrogens with two attached hydrogens (primary N) is 1. The molecular weight excluding hydrogens is 214 g/mol. The van der Waals surface area contributed by atoms with Crippen LogP contribution in [0.25, 0.3) is 0 Å². The van der Waals surface area contributed by atoms with Crippen molar-refractivity contribution in [2.45, 2.75) is 26.3 Å². The van der Waals surface area contributed by atoms with Crippen molar-refractivity contribution < 1.29 is 9.84 Å². The highest BCUT2D eigenvalue weighted by Gasteiger charge is 2.15. The second kappa shape index (κ2) is 4.73. The van der Waals surface area contributed by atoms with Crippen molar-refractivity contribution in [1.29, 1.82) is 0 Å². The zero-order chi connectivity index (χ0) is 11.6. The molecule has 0 saturated carbocycles. The molecule has 0 aromatic heterocycles. The Morgan fingerprint density at radius 1 is 1.60 bits per heavy atom. The van der Waals surface area contributed by atoms with E-state index in [0.29, 0.717) is 17.2 Å². The highest BCUT2D eigenvalue weighted by Crippen LogP contribution is 2.37. The van der Waals surface area contributed by atoms with E-state index in [-0.39, 0.29) is 11.8 Å². The van der Waals surface area contributed by atoms with Gasteiger partial charge in [-0.2, -0.15) is 0 Å². The smallest absolute Gasteiger partial charge is 0.164 e. The molecule has 0 aliphatic heterocycles. The minimum atomic E-state index is -0.00420. The topological polar surface area (TPSA) is 55.5 Å². The van der Waals surface area contributed by atoms with E-state index in [2.05, 4.69) is 0 Å². The Labute approximate surface area is 94.8 Å². The molecule has 0 aliphatic rings. The maximum atomic E-state index is 9.66. The molecule has 15 heavy (non-hydrogen) atoms. The summed E-state index contributed by atoms with van der Waals surface area (Å²) in [6.07, 6.45) is 0.628. The van der Waals surface area contributed by atoms with Gasteiger partial charge in [0.05, 0.1) is 7.11 Å². The van der Waals surface area contributed by atoms with Crippen LogP contribution >= 0.6 is 11.6 Å². The standard InChI is InChI=1S/C11H16ClNO2/c1-6(13)4-8-7(2)9(12)5-10(14)11(8)15-3/h5-6,14H,4,13H2,1-3H3. The number of methoxy groups -OCH3 is 1. The average Bonchev–Trinajstić information content (AvgIpc) is 2.13. The Morgan fingerprint density at radius 3 is 2.67 bits per heavy atom. The molecule has 1 aromatic carbocycles. The first-order chi connectivity index (χ1) is 6.97. The number of phenols is 1. The highest BCUT2D eigenvalue weighted by molar-refractivity contribution is 6.31. The van der Waals surface area contributed by atoms with Crippen molar-refractivity contribution in [3.05, 3.63) is 22.2 Å². The molecule has 4 heteroatoms. The molecule has 0 aliphatic carbocycles. The molecule has 0 heterocycles. The highest BCUT2D eigenvalue weighted by atomic mass is 35.5. The minimum absolute atomic E-state index is 0.00420. The summed E-state index contributed by atoms with van der Waals surface area (Å²) >= 11 is 5.98. The lowest BCUT2D eigenvalue weighted by Crippen LogP contribution is -2.19. The third-order valence-corrected chi connectivity index (χ3v) is 2.70. The van der Waals surface area contributed by atoms with E-state index in [1.54, 1.807) is 0 Å². The Hall–Kier alpha value is -0.930. The molecule has 1 aromatic rings. The monoisotopic (exact) mass is 229 g/mol. The van der Waals surface area contributed by atoms with E-state index in [9.17, 15) is 5.11 Å². The zero-order valence-corrected chi connectivity index (χ0v) is 9.93. The predicted octanol–water partition coefficient (Wildman–Crippen LogP) is 2.25. The molecule has 0 saturated heterocycles. The molecule has 0 spiro atoms. The van der Waals surface area contributed by atoms with Gasteiger partial charge in [0.1, 0.15) is 0 Å². The fraction of sp³-hybridized carbons (Fsp3) is 0.455. The Balaban J connectivity index is 3.30. The van der Waals surface area contributed by atoms with E-state index in [1.807, 2.05) is 13.8 Å². The van der Waals surface area contributed by atoms with Crippen LogP contribution in [0.2, 0.25) is 5.02 Å². The number of aromatic hydroxyl groups is 1. The number of hydrogen-bond donors (Lipinski definition) is 2. The Morgan fingerprint density at radius 2 is 2.20 bits per heavy atom.